The number of anilines is 1. The van der Waals surface area contributed by atoms with E-state index in [1.165, 1.54) is 14.0 Å². The number of benzene rings is 2. The van der Waals surface area contributed by atoms with Crippen molar-refractivity contribution < 1.29 is 29.3 Å². The van der Waals surface area contributed by atoms with Crippen LogP contribution in [0, 0.1) is 0 Å². The summed E-state index contributed by atoms with van der Waals surface area (Å²) < 4.78 is 6.89. The van der Waals surface area contributed by atoms with Crippen molar-refractivity contribution in [1.29, 1.82) is 0 Å². The number of carbonyl (C=O) groups is 3. The number of hydrogen-bond donors (Lipinski definition) is 2. The number of carboxylic acid groups (broad SMARTS) is 2. The van der Waals surface area contributed by atoms with Crippen molar-refractivity contribution in [2.75, 3.05) is 38.2 Å². The van der Waals surface area contributed by atoms with Crippen molar-refractivity contribution in [2.45, 2.75) is 19.5 Å². The number of carbonyl (C=O) groups excluding carboxylic acids is 1. The summed E-state index contributed by atoms with van der Waals surface area (Å²) in [5.74, 6) is -1.41. The van der Waals surface area contributed by atoms with E-state index in [0.29, 0.717) is 54.0 Å². The number of aromatic nitrogens is 1. The van der Waals surface area contributed by atoms with E-state index in [1.807, 2.05) is 17.0 Å². The summed E-state index contributed by atoms with van der Waals surface area (Å²) in [6.45, 7) is 3.55. The molecule has 1 unspecified atom stereocenters. The Bertz CT molecular complexity index is 1230. The highest BCUT2D eigenvalue weighted by molar-refractivity contribution is 5.94. The lowest BCUT2D eigenvalue weighted by Crippen LogP contribution is -2.49. The Morgan fingerprint density at radius 3 is 2.24 bits per heavy atom. The van der Waals surface area contributed by atoms with Crippen LogP contribution in [0.3, 0.4) is 0 Å². The Labute approximate surface area is 196 Å². The van der Waals surface area contributed by atoms with Gasteiger partial charge in [-0.2, -0.15) is 0 Å². The number of ketones is 1. The maximum absolute atomic E-state index is 12.4. The van der Waals surface area contributed by atoms with Crippen molar-refractivity contribution in [2.24, 2.45) is 0 Å². The summed E-state index contributed by atoms with van der Waals surface area (Å²) in [5, 5.41) is 20.2. The lowest BCUT2D eigenvalue weighted by atomic mass is 10.0. The summed E-state index contributed by atoms with van der Waals surface area (Å²) in [6, 6.07) is 11.7. The summed E-state index contributed by atoms with van der Waals surface area (Å²) in [4.78, 5) is 39.4. The third-order valence-electron chi connectivity index (χ3n) is 6.27. The van der Waals surface area contributed by atoms with E-state index < -0.39 is 18.0 Å². The van der Waals surface area contributed by atoms with Crippen LogP contribution in [0.4, 0.5) is 5.69 Å². The molecule has 4 rings (SSSR count). The first kappa shape index (κ1) is 23.3. The average Bonchev–Trinajstić information content (AvgIpc) is 3.15. The molecule has 0 amide bonds. The molecule has 1 fully saturated rings. The number of methoxy groups -OCH3 is 1. The van der Waals surface area contributed by atoms with Gasteiger partial charge < -0.3 is 24.4 Å². The van der Waals surface area contributed by atoms with Crippen LogP contribution in [0.1, 0.15) is 28.9 Å². The summed E-state index contributed by atoms with van der Waals surface area (Å²) in [6.07, 6.45) is 1.63. The third kappa shape index (κ3) is 4.60. The molecule has 1 aliphatic heterocycles. The molecule has 0 aliphatic carbocycles. The smallest absolute Gasteiger partial charge is 0.325 e. The van der Waals surface area contributed by atoms with Crippen molar-refractivity contribution in [1.82, 2.24) is 9.47 Å². The molecule has 0 spiro atoms. The maximum Gasteiger partial charge on any atom is 0.325 e. The first-order chi connectivity index (χ1) is 16.3. The molecular weight excluding hydrogens is 438 g/mol. The van der Waals surface area contributed by atoms with Gasteiger partial charge in [0.15, 0.2) is 5.78 Å². The fourth-order valence-electron chi connectivity index (χ4n) is 4.56. The van der Waals surface area contributed by atoms with Crippen LogP contribution in [-0.4, -0.2) is 70.7 Å². The van der Waals surface area contributed by atoms with Crippen LogP contribution >= 0.6 is 0 Å². The van der Waals surface area contributed by atoms with Crippen molar-refractivity contribution in [3.05, 3.63) is 59.8 Å². The van der Waals surface area contributed by atoms with Gasteiger partial charge in [0, 0.05) is 60.1 Å². The van der Waals surface area contributed by atoms with Gasteiger partial charge in [0.25, 0.3) is 0 Å². The van der Waals surface area contributed by atoms with Gasteiger partial charge in [-0.3, -0.25) is 19.3 Å². The van der Waals surface area contributed by atoms with Gasteiger partial charge in [-0.25, -0.2) is 0 Å². The van der Waals surface area contributed by atoms with Crippen LogP contribution in [-0.2, 0) is 16.1 Å². The summed E-state index contributed by atoms with van der Waals surface area (Å²) in [7, 11) is 1.53. The minimum Gasteiger partial charge on any atom is -0.497 e. The van der Waals surface area contributed by atoms with Gasteiger partial charge in [0.05, 0.1) is 7.11 Å². The SMILES string of the molecule is COc1ccc2c(c1)c(C(C(=O)O)N1CCN(c3ccc(C(C)=O)cc3)CC1)cn2CC(=O)O. The van der Waals surface area contributed by atoms with Gasteiger partial charge in [0.2, 0.25) is 0 Å². The molecule has 34 heavy (non-hydrogen) atoms. The number of Topliss-reactive ketones (excluding diaryl/α,β-unsaturated/α-hetero) is 1. The van der Waals surface area contributed by atoms with E-state index >= 15 is 0 Å². The fourth-order valence-corrected chi connectivity index (χ4v) is 4.56. The van der Waals surface area contributed by atoms with Crippen LogP contribution in [0.15, 0.2) is 48.7 Å². The zero-order valence-electron chi connectivity index (χ0n) is 19.1. The van der Waals surface area contributed by atoms with E-state index in [4.69, 9.17) is 4.74 Å². The molecule has 1 aromatic heterocycles. The predicted octanol–water partition coefficient (Wildman–Crippen LogP) is 2.89. The zero-order valence-corrected chi connectivity index (χ0v) is 19.1. The molecule has 0 radical (unpaired) electrons. The maximum atomic E-state index is 12.4. The monoisotopic (exact) mass is 465 g/mol. The number of ether oxygens (including phenoxy) is 1. The molecule has 0 saturated carbocycles. The van der Waals surface area contributed by atoms with E-state index in [-0.39, 0.29) is 12.3 Å². The van der Waals surface area contributed by atoms with Crippen molar-refractivity contribution in [3.63, 3.8) is 0 Å². The minimum absolute atomic E-state index is 0.0133. The topological polar surface area (TPSA) is 112 Å². The fraction of sp³-hybridized carbons (Fsp3) is 0.320. The van der Waals surface area contributed by atoms with Crippen LogP contribution in [0.2, 0.25) is 0 Å². The van der Waals surface area contributed by atoms with Gasteiger partial charge in [-0.05, 0) is 49.4 Å². The molecule has 0 bridgehead atoms. The van der Waals surface area contributed by atoms with Gasteiger partial charge in [-0.15, -0.1) is 0 Å². The van der Waals surface area contributed by atoms with Crippen molar-refractivity contribution in [3.8, 4) is 5.75 Å². The van der Waals surface area contributed by atoms with Gasteiger partial charge >= 0.3 is 11.9 Å². The third-order valence-corrected chi connectivity index (χ3v) is 6.27. The molecule has 2 aromatic carbocycles. The van der Waals surface area contributed by atoms with E-state index in [2.05, 4.69) is 4.90 Å². The second-order valence-corrected chi connectivity index (χ2v) is 8.36. The lowest BCUT2D eigenvalue weighted by Gasteiger charge is -2.38. The molecule has 1 aliphatic rings. The average molecular weight is 466 g/mol. The zero-order chi connectivity index (χ0) is 24.4. The Balaban J connectivity index is 1.61. The Hall–Kier alpha value is -3.85. The Kier molecular flexibility index (Phi) is 6.56. The van der Waals surface area contributed by atoms with Crippen LogP contribution in [0.25, 0.3) is 10.9 Å². The van der Waals surface area contributed by atoms with E-state index in [1.54, 1.807) is 41.1 Å². The normalized spacial score (nSPS) is 15.3. The van der Waals surface area contributed by atoms with E-state index in [9.17, 15) is 24.6 Å². The quantitative estimate of drug-likeness (QED) is 0.489. The van der Waals surface area contributed by atoms with Crippen molar-refractivity contribution >= 4 is 34.3 Å². The number of rotatable bonds is 8. The second-order valence-electron chi connectivity index (χ2n) is 8.36. The number of nitrogens with zero attached hydrogens (tertiary/aromatic N) is 3. The Morgan fingerprint density at radius 2 is 1.68 bits per heavy atom. The molecular formula is C25H27N3O6. The first-order valence-corrected chi connectivity index (χ1v) is 11.0. The summed E-state index contributed by atoms with van der Waals surface area (Å²) in [5.41, 5.74) is 2.83. The highest BCUT2D eigenvalue weighted by atomic mass is 16.5. The molecule has 2 N–H and O–H groups in total. The molecule has 2 heterocycles. The second kappa shape index (κ2) is 9.56. The number of piperazine rings is 1. The molecule has 178 valence electrons. The standard InChI is InChI=1S/C25H27N3O6/c1-16(29)17-3-5-18(6-4-17)26-9-11-27(12-10-26)24(25(32)33)21-14-28(15-23(30)31)22-8-7-19(34-2)13-20(21)22/h3-8,13-14,24H,9-12,15H2,1-2H3,(H,30,31)(H,32,33). The largest absolute Gasteiger partial charge is 0.497 e. The van der Waals surface area contributed by atoms with Gasteiger partial charge in [-0.1, -0.05) is 0 Å². The lowest BCUT2D eigenvalue weighted by molar-refractivity contribution is -0.143. The summed E-state index contributed by atoms with van der Waals surface area (Å²) >= 11 is 0. The number of aliphatic carboxylic acids is 2. The molecule has 9 nitrogen and oxygen atoms in total. The highest BCUT2D eigenvalue weighted by Gasteiger charge is 2.33. The predicted molar refractivity (Wildman–Crippen MR) is 127 cm³/mol. The van der Waals surface area contributed by atoms with Crippen LogP contribution < -0.4 is 9.64 Å². The van der Waals surface area contributed by atoms with Crippen LogP contribution in [0.5, 0.6) is 5.75 Å². The first-order valence-electron chi connectivity index (χ1n) is 11.0. The minimum atomic E-state index is -1.00. The molecule has 3 aromatic rings. The number of carboxylic acids is 2. The molecule has 1 atom stereocenters. The highest BCUT2D eigenvalue weighted by Crippen LogP contribution is 2.34. The molecule has 1 saturated heterocycles. The number of hydrogen-bond acceptors (Lipinski definition) is 6. The molecule has 9 heteroatoms. The Morgan fingerprint density at radius 1 is 1.00 bits per heavy atom. The van der Waals surface area contributed by atoms with E-state index in [0.717, 1.165) is 5.69 Å². The number of fused-ring (bicyclic) bond motifs is 1. The van der Waals surface area contributed by atoms with Gasteiger partial charge in [0.1, 0.15) is 18.3 Å².